The maximum atomic E-state index is 10.6. The van der Waals surface area contributed by atoms with Gasteiger partial charge in [-0.3, -0.25) is 9.36 Å². The first-order chi connectivity index (χ1) is 4.84. The minimum Gasteiger partial charge on any atom is -0.550 e. The molecule has 1 unspecified atom stereocenters. The maximum absolute atomic E-state index is 10.6. The second-order valence-electron chi connectivity index (χ2n) is 2.14. The van der Waals surface area contributed by atoms with Gasteiger partial charge >= 0.3 is 18.9 Å². The normalized spacial score (nSPS) is 14.2. The number of carboxylic acid groups (broad SMARTS) is 1. The third kappa shape index (κ3) is 6.63. The predicted molar refractivity (Wildman–Crippen MR) is 35.0 cm³/mol. The van der Waals surface area contributed by atoms with Crippen LogP contribution in [0.15, 0.2) is 0 Å². The van der Waals surface area contributed by atoms with Crippen LogP contribution < -0.4 is 24.0 Å². The van der Waals surface area contributed by atoms with E-state index >= 15 is 0 Å². The quantitative estimate of drug-likeness (QED) is 0.356. The van der Waals surface area contributed by atoms with Crippen LogP contribution in [0.25, 0.3) is 0 Å². The monoisotopic (exact) mass is 186 g/mol. The summed E-state index contributed by atoms with van der Waals surface area (Å²) < 4.78 is 10.5. The summed E-state index contributed by atoms with van der Waals surface area (Å²) in [4.78, 5) is 29.0. The molecule has 0 amide bonds. The average Bonchev–Trinajstić information content (AvgIpc) is 1.80. The van der Waals surface area contributed by atoms with E-state index in [1.165, 1.54) is 0 Å². The van der Waals surface area contributed by atoms with Crippen LogP contribution in [0.5, 0.6) is 0 Å². The largest absolute Gasteiger partial charge is 1.00 e. The first-order valence-corrected chi connectivity index (χ1v) is 4.98. The number of carbonyl (C=O) groups excluding carboxylic acids is 2. The third-order valence-electron chi connectivity index (χ3n) is 1.01. The number of hydrogen-bond acceptors (Lipinski definition) is 4. The fraction of sp³-hybridized carbons (Fsp3) is 0.600. The summed E-state index contributed by atoms with van der Waals surface area (Å²) in [6.07, 6.45) is -0.941. The summed E-state index contributed by atoms with van der Waals surface area (Å²) in [6.45, 7) is 0.880. The van der Waals surface area contributed by atoms with Gasteiger partial charge in [-0.25, -0.2) is 0 Å². The summed E-state index contributed by atoms with van der Waals surface area (Å²) in [7, 11) is -3.74. The van der Waals surface area contributed by atoms with Crippen molar-refractivity contribution in [3.63, 3.8) is 0 Å². The Bertz CT molecular complexity index is 220. The van der Waals surface area contributed by atoms with Gasteiger partial charge in [-0.1, -0.05) is 0 Å². The minimum absolute atomic E-state index is 0. The molecule has 0 aromatic heterocycles. The number of carbonyl (C=O) groups is 2. The molecule has 0 aromatic rings. The predicted octanol–water partition coefficient (Wildman–Crippen LogP) is -4.05. The molecule has 0 aliphatic carbocycles. The molecule has 0 aromatic carbocycles. The zero-order chi connectivity index (χ0) is 9.07. The summed E-state index contributed by atoms with van der Waals surface area (Å²) in [6, 6.07) is 0. The molecule has 1 atom stereocenters. The Labute approximate surface area is 81.8 Å². The Morgan fingerprint density at radius 3 is 2.08 bits per heavy atom. The Morgan fingerprint density at radius 2 is 1.83 bits per heavy atom. The molecule has 0 rings (SSSR count). The summed E-state index contributed by atoms with van der Waals surface area (Å²) in [5.74, 6) is -1.40. The van der Waals surface area contributed by atoms with E-state index < -0.39 is 31.7 Å². The maximum Gasteiger partial charge on any atom is 1.00 e. The topological polar surface area (TPSA) is 94.5 Å². The van der Waals surface area contributed by atoms with Gasteiger partial charge < -0.3 is 14.8 Å². The van der Waals surface area contributed by atoms with E-state index in [0.717, 1.165) is 6.66 Å². The standard InChI is InChI=1S/C5H9O5P.Li/c1-11(9,10)5(8)3-2-4(6)7;/h2-3H2,1H3,(H,6,7)(H,9,10);/q;+1/p-1. The van der Waals surface area contributed by atoms with Crippen LogP contribution in [0.3, 0.4) is 0 Å². The van der Waals surface area contributed by atoms with E-state index in [0.29, 0.717) is 0 Å². The first-order valence-electron chi connectivity index (χ1n) is 2.87. The SMILES string of the molecule is CP(=O)(O)C(=O)CCC(=O)[O-].[Li+]. The van der Waals surface area contributed by atoms with Gasteiger partial charge in [0.25, 0.3) is 7.37 Å². The smallest absolute Gasteiger partial charge is 0.550 e. The molecular weight excluding hydrogens is 178 g/mol. The average molecular weight is 186 g/mol. The third-order valence-corrected chi connectivity index (χ3v) is 2.15. The molecule has 0 bridgehead atoms. The van der Waals surface area contributed by atoms with E-state index in [2.05, 4.69) is 0 Å². The Balaban J connectivity index is 0. The molecule has 0 saturated carbocycles. The van der Waals surface area contributed by atoms with Gasteiger partial charge in [0.15, 0.2) is 0 Å². The first kappa shape index (κ1) is 14.5. The fourth-order valence-corrected chi connectivity index (χ4v) is 0.943. The number of rotatable bonds is 4. The molecule has 12 heavy (non-hydrogen) atoms. The fourth-order valence-electron chi connectivity index (χ4n) is 0.416. The van der Waals surface area contributed by atoms with Crippen LogP contribution in [-0.4, -0.2) is 23.1 Å². The molecule has 1 N–H and O–H groups in total. The van der Waals surface area contributed by atoms with Crippen LogP contribution in [-0.2, 0) is 14.2 Å². The van der Waals surface area contributed by atoms with Crippen LogP contribution in [0.2, 0.25) is 0 Å². The van der Waals surface area contributed by atoms with Gasteiger partial charge in [0.05, 0.1) is 0 Å². The van der Waals surface area contributed by atoms with E-state index in [1.54, 1.807) is 0 Å². The van der Waals surface area contributed by atoms with Crippen molar-refractivity contribution in [1.29, 1.82) is 0 Å². The molecule has 0 spiro atoms. The van der Waals surface area contributed by atoms with Crippen LogP contribution in [0.1, 0.15) is 12.8 Å². The summed E-state index contributed by atoms with van der Waals surface area (Å²) in [5, 5.41) is 9.80. The van der Waals surface area contributed by atoms with Crippen LogP contribution >= 0.6 is 7.37 Å². The minimum atomic E-state index is -3.74. The van der Waals surface area contributed by atoms with Gasteiger partial charge in [0, 0.05) is 19.1 Å². The van der Waals surface area contributed by atoms with Crippen molar-refractivity contribution in [2.45, 2.75) is 12.8 Å². The van der Waals surface area contributed by atoms with Crippen molar-refractivity contribution in [1.82, 2.24) is 0 Å². The van der Waals surface area contributed by atoms with Gasteiger partial charge in [-0.15, -0.1) is 0 Å². The summed E-state index contributed by atoms with van der Waals surface area (Å²) in [5.41, 5.74) is -0.929. The molecule has 0 aliphatic rings. The zero-order valence-corrected chi connectivity index (χ0v) is 7.84. The van der Waals surface area contributed by atoms with Crippen molar-refractivity contribution < 1.29 is 43.0 Å². The molecule has 0 saturated heterocycles. The molecule has 5 nitrogen and oxygen atoms in total. The molecule has 0 radical (unpaired) electrons. The van der Waals surface area contributed by atoms with Crippen molar-refractivity contribution >= 4 is 18.9 Å². The van der Waals surface area contributed by atoms with Gasteiger partial charge in [0.2, 0.25) is 5.52 Å². The number of carboxylic acids is 1. The van der Waals surface area contributed by atoms with Gasteiger partial charge in [0.1, 0.15) is 0 Å². The van der Waals surface area contributed by atoms with E-state index in [1.807, 2.05) is 0 Å². The van der Waals surface area contributed by atoms with Crippen molar-refractivity contribution in [3.8, 4) is 0 Å². The molecule has 0 heterocycles. The molecule has 0 aliphatic heterocycles. The van der Waals surface area contributed by atoms with E-state index in [9.17, 15) is 19.3 Å². The number of aliphatic carboxylic acids is 1. The van der Waals surface area contributed by atoms with Crippen LogP contribution in [0.4, 0.5) is 0 Å². The molecule has 64 valence electrons. The van der Waals surface area contributed by atoms with Crippen molar-refractivity contribution in [2.24, 2.45) is 0 Å². The van der Waals surface area contributed by atoms with Gasteiger partial charge in [-0.2, -0.15) is 0 Å². The zero-order valence-electron chi connectivity index (χ0n) is 6.94. The Kier molecular flexibility index (Phi) is 6.69. The van der Waals surface area contributed by atoms with Crippen LogP contribution in [0, 0.1) is 0 Å². The Hall–Kier alpha value is -0.0726. The van der Waals surface area contributed by atoms with Gasteiger partial charge in [-0.05, 0) is 6.42 Å². The van der Waals surface area contributed by atoms with Crippen molar-refractivity contribution in [2.75, 3.05) is 6.66 Å². The Morgan fingerprint density at radius 1 is 1.42 bits per heavy atom. The molecular formula is C5H8LiO5P. The second kappa shape index (κ2) is 5.55. The summed E-state index contributed by atoms with van der Waals surface area (Å²) >= 11 is 0. The number of hydrogen-bond donors (Lipinski definition) is 1. The van der Waals surface area contributed by atoms with E-state index in [-0.39, 0.29) is 18.9 Å². The second-order valence-corrected chi connectivity index (χ2v) is 4.40. The van der Waals surface area contributed by atoms with Crippen molar-refractivity contribution in [3.05, 3.63) is 0 Å². The molecule has 0 fully saturated rings. The molecule has 7 heteroatoms. The van der Waals surface area contributed by atoms with E-state index in [4.69, 9.17) is 4.89 Å².